The summed E-state index contributed by atoms with van der Waals surface area (Å²) in [5.74, 6) is -0.313. The molecule has 2 aliphatic rings. The first kappa shape index (κ1) is 25.5. The van der Waals surface area contributed by atoms with Crippen molar-refractivity contribution in [2.75, 3.05) is 39.4 Å². The van der Waals surface area contributed by atoms with E-state index in [-0.39, 0.29) is 22.9 Å². The van der Waals surface area contributed by atoms with Gasteiger partial charge in [0.15, 0.2) is 0 Å². The summed E-state index contributed by atoms with van der Waals surface area (Å²) in [7, 11) is -3.71. The van der Waals surface area contributed by atoms with Gasteiger partial charge in [0.2, 0.25) is 10.0 Å². The topological polar surface area (TPSA) is 105 Å². The molecule has 2 amide bonds. The minimum Gasteiger partial charge on any atom is -0.444 e. The number of carbonyl (C=O) groups is 2. The van der Waals surface area contributed by atoms with Crippen LogP contribution in [-0.4, -0.2) is 80.7 Å². The molecule has 3 rings (SSSR count). The van der Waals surface area contributed by atoms with Gasteiger partial charge in [-0.15, -0.1) is 0 Å². The molecule has 0 aromatic heterocycles. The molecule has 1 aromatic carbocycles. The zero-order valence-corrected chi connectivity index (χ0v) is 20.7. The summed E-state index contributed by atoms with van der Waals surface area (Å²) >= 11 is 0. The van der Waals surface area contributed by atoms with Gasteiger partial charge >= 0.3 is 6.09 Å². The fourth-order valence-corrected chi connectivity index (χ4v) is 5.68. The van der Waals surface area contributed by atoms with Crippen molar-refractivity contribution in [1.82, 2.24) is 14.5 Å². The van der Waals surface area contributed by atoms with Crippen molar-refractivity contribution in [3.05, 3.63) is 29.3 Å². The Hall–Kier alpha value is -2.17. The second-order valence-electron chi connectivity index (χ2n) is 9.41. The average molecular weight is 482 g/mol. The van der Waals surface area contributed by atoms with Gasteiger partial charge in [0.1, 0.15) is 5.60 Å². The molecule has 2 aliphatic heterocycles. The number of nitrogens with zero attached hydrogens (tertiary/aromatic N) is 2. The van der Waals surface area contributed by atoms with Crippen molar-refractivity contribution < 1.29 is 27.5 Å². The Labute approximate surface area is 196 Å². The highest BCUT2D eigenvalue weighted by Crippen LogP contribution is 2.24. The number of likely N-dealkylation sites (tertiary alicyclic amines) is 1. The molecular weight excluding hydrogens is 446 g/mol. The Bertz CT molecular complexity index is 959. The largest absolute Gasteiger partial charge is 0.444 e. The summed E-state index contributed by atoms with van der Waals surface area (Å²) in [6.07, 6.45) is 1.41. The smallest absolute Gasteiger partial charge is 0.410 e. The van der Waals surface area contributed by atoms with Gasteiger partial charge in [-0.05, 0) is 57.7 Å². The molecule has 9 nitrogen and oxygen atoms in total. The number of nitrogens with one attached hydrogen (secondary N) is 1. The first-order chi connectivity index (χ1) is 15.5. The molecule has 0 aliphatic carbocycles. The molecule has 0 unspecified atom stereocenters. The van der Waals surface area contributed by atoms with Crippen LogP contribution >= 0.6 is 0 Å². The molecule has 1 aromatic rings. The Kier molecular flexibility index (Phi) is 8.02. The van der Waals surface area contributed by atoms with Gasteiger partial charge in [-0.2, -0.15) is 4.31 Å². The summed E-state index contributed by atoms with van der Waals surface area (Å²) in [5.41, 5.74) is 0.448. The number of amides is 2. The average Bonchev–Trinajstić information content (AvgIpc) is 2.78. The third kappa shape index (κ3) is 6.45. The Morgan fingerprint density at radius 2 is 1.76 bits per heavy atom. The zero-order valence-electron chi connectivity index (χ0n) is 19.9. The molecule has 0 bridgehead atoms. The van der Waals surface area contributed by atoms with Crippen LogP contribution in [0.5, 0.6) is 0 Å². The monoisotopic (exact) mass is 481 g/mol. The molecule has 2 saturated heterocycles. The molecule has 33 heavy (non-hydrogen) atoms. The van der Waals surface area contributed by atoms with Gasteiger partial charge in [0.05, 0.1) is 18.1 Å². The number of morpholine rings is 1. The van der Waals surface area contributed by atoms with E-state index in [1.165, 1.54) is 10.4 Å². The Balaban J connectivity index is 1.66. The van der Waals surface area contributed by atoms with E-state index >= 15 is 0 Å². The molecule has 1 N–H and O–H groups in total. The van der Waals surface area contributed by atoms with Crippen LogP contribution in [0.4, 0.5) is 4.79 Å². The molecule has 2 heterocycles. The van der Waals surface area contributed by atoms with E-state index in [9.17, 15) is 18.0 Å². The zero-order chi connectivity index (χ0) is 24.2. The standard InChI is InChI=1S/C23H35N3O6S/c1-5-17-6-7-18(16-20(17)33(29,30)26-12-14-31-15-13-26)21(27)24-19-8-10-25(11-9-19)22(28)32-23(2,3)4/h6-7,16,19H,5,8-15H2,1-4H3,(H,24,27). The van der Waals surface area contributed by atoms with Crippen LogP contribution < -0.4 is 5.32 Å². The lowest BCUT2D eigenvalue weighted by molar-refractivity contribution is 0.0199. The van der Waals surface area contributed by atoms with E-state index in [1.807, 2.05) is 27.7 Å². The number of hydrogen-bond acceptors (Lipinski definition) is 6. The predicted molar refractivity (Wildman–Crippen MR) is 124 cm³/mol. The molecule has 184 valence electrons. The minimum absolute atomic E-state index is 0.0960. The van der Waals surface area contributed by atoms with E-state index in [4.69, 9.17) is 9.47 Å². The molecule has 2 fully saturated rings. The van der Waals surface area contributed by atoms with Gasteiger partial charge < -0.3 is 19.7 Å². The normalized spacial score (nSPS) is 18.7. The van der Waals surface area contributed by atoms with Crippen LogP contribution in [0.3, 0.4) is 0 Å². The summed E-state index contributed by atoms with van der Waals surface area (Å²) in [6.45, 7) is 9.70. The van der Waals surface area contributed by atoms with Crippen molar-refractivity contribution in [1.29, 1.82) is 0 Å². The lowest BCUT2D eigenvalue weighted by atomic mass is 10.0. The lowest BCUT2D eigenvalue weighted by Gasteiger charge is -2.33. The number of carbonyl (C=O) groups excluding carboxylic acids is 2. The maximum absolute atomic E-state index is 13.2. The first-order valence-corrected chi connectivity index (χ1v) is 12.9. The Morgan fingerprint density at radius 3 is 2.33 bits per heavy atom. The summed E-state index contributed by atoms with van der Waals surface area (Å²) in [4.78, 5) is 27.0. The van der Waals surface area contributed by atoms with Crippen LogP contribution in [-0.2, 0) is 25.9 Å². The van der Waals surface area contributed by atoms with Gasteiger partial charge in [-0.3, -0.25) is 4.79 Å². The van der Waals surface area contributed by atoms with E-state index in [0.717, 1.165) is 0 Å². The van der Waals surface area contributed by atoms with Gasteiger partial charge in [-0.1, -0.05) is 13.0 Å². The predicted octanol–water partition coefficient (Wildman–Crippen LogP) is 2.40. The molecule has 10 heteroatoms. The fraction of sp³-hybridized carbons (Fsp3) is 0.652. The van der Waals surface area contributed by atoms with Crippen molar-refractivity contribution in [3.63, 3.8) is 0 Å². The van der Waals surface area contributed by atoms with E-state index in [2.05, 4.69) is 5.32 Å². The van der Waals surface area contributed by atoms with Crippen LogP contribution in [0.2, 0.25) is 0 Å². The van der Waals surface area contributed by atoms with Gasteiger partial charge in [0, 0.05) is 37.8 Å². The highest BCUT2D eigenvalue weighted by atomic mass is 32.2. The quantitative estimate of drug-likeness (QED) is 0.692. The summed E-state index contributed by atoms with van der Waals surface area (Å²) in [6, 6.07) is 4.77. The first-order valence-electron chi connectivity index (χ1n) is 11.5. The second kappa shape index (κ2) is 10.4. The van der Waals surface area contributed by atoms with E-state index in [0.29, 0.717) is 69.8 Å². The van der Waals surface area contributed by atoms with E-state index < -0.39 is 15.6 Å². The molecule has 0 radical (unpaired) electrons. The molecule has 0 spiro atoms. The maximum Gasteiger partial charge on any atom is 0.410 e. The van der Waals surface area contributed by atoms with Crippen LogP contribution in [0.25, 0.3) is 0 Å². The minimum atomic E-state index is -3.71. The number of sulfonamides is 1. The third-order valence-corrected chi connectivity index (χ3v) is 7.76. The Morgan fingerprint density at radius 1 is 1.12 bits per heavy atom. The summed E-state index contributed by atoms with van der Waals surface area (Å²) in [5, 5.41) is 2.99. The van der Waals surface area contributed by atoms with Gasteiger partial charge in [-0.25, -0.2) is 13.2 Å². The van der Waals surface area contributed by atoms with Crippen molar-refractivity contribution in [2.45, 2.75) is 63.5 Å². The van der Waals surface area contributed by atoms with Gasteiger partial charge in [0.25, 0.3) is 5.91 Å². The molecule has 0 saturated carbocycles. The van der Waals surface area contributed by atoms with Crippen LogP contribution in [0.1, 0.15) is 56.5 Å². The van der Waals surface area contributed by atoms with Crippen LogP contribution in [0, 0.1) is 0 Å². The van der Waals surface area contributed by atoms with Crippen molar-refractivity contribution in [2.24, 2.45) is 0 Å². The number of piperidine rings is 1. The van der Waals surface area contributed by atoms with E-state index in [1.54, 1.807) is 17.0 Å². The number of rotatable bonds is 5. The highest BCUT2D eigenvalue weighted by molar-refractivity contribution is 7.89. The fourth-order valence-electron chi connectivity index (χ4n) is 3.96. The number of ether oxygens (including phenoxy) is 2. The highest BCUT2D eigenvalue weighted by Gasteiger charge is 2.30. The van der Waals surface area contributed by atoms with Crippen molar-refractivity contribution in [3.8, 4) is 0 Å². The number of benzene rings is 1. The number of hydrogen-bond donors (Lipinski definition) is 1. The summed E-state index contributed by atoms with van der Waals surface area (Å²) < 4.78 is 38.5. The molecule has 0 atom stereocenters. The SMILES string of the molecule is CCc1ccc(C(=O)NC2CCN(C(=O)OC(C)(C)C)CC2)cc1S(=O)(=O)N1CCOCC1. The third-order valence-electron chi connectivity index (χ3n) is 5.78. The lowest BCUT2D eigenvalue weighted by Crippen LogP contribution is -2.47. The molecular formula is C23H35N3O6S. The van der Waals surface area contributed by atoms with Crippen molar-refractivity contribution >= 4 is 22.0 Å². The second-order valence-corrected chi connectivity index (χ2v) is 11.3. The van der Waals surface area contributed by atoms with Crippen LogP contribution in [0.15, 0.2) is 23.1 Å². The number of aryl methyl sites for hydroxylation is 1. The maximum atomic E-state index is 13.2.